The van der Waals surface area contributed by atoms with Gasteiger partial charge >= 0.3 is 0 Å². The zero-order chi connectivity index (χ0) is 13.4. The average Bonchev–Trinajstić information content (AvgIpc) is 2.38. The molecule has 1 aliphatic rings. The Morgan fingerprint density at radius 2 is 2.00 bits per heavy atom. The first kappa shape index (κ1) is 15.9. The van der Waals surface area contributed by atoms with Crippen LogP contribution in [0, 0.1) is 0 Å². The van der Waals surface area contributed by atoms with Gasteiger partial charge in [0.1, 0.15) is 0 Å². The minimum absolute atomic E-state index is 0.0799. The molecular formula is C14H30N2O2. The monoisotopic (exact) mass is 258 g/mol. The molecule has 0 aromatic rings. The van der Waals surface area contributed by atoms with Crippen LogP contribution in [0.25, 0.3) is 0 Å². The SMILES string of the molecule is CCCC(CCC)N1CC[C@@H](N)[C@H](OCCO)C1. The van der Waals surface area contributed by atoms with Gasteiger partial charge in [-0.25, -0.2) is 0 Å². The van der Waals surface area contributed by atoms with Crippen molar-refractivity contribution in [3.8, 4) is 0 Å². The molecule has 1 aliphatic heterocycles. The number of rotatable bonds is 8. The van der Waals surface area contributed by atoms with Gasteiger partial charge in [0.15, 0.2) is 0 Å². The molecule has 0 unspecified atom stereocenters. The summed E-state index contributed by atoms with van der Waals surface area (Å²) in [7, 11) is 0. The maximum absolute atomic E-state index is 8.85. The summed E-state index contributed by atoms with van der Waals surface area (Å²) >= 11 is 0. The molecular weight excluding hydrogens is 228 g/mol. The van der Waals surface area contributed by atoms with Crippen LogP contribution in [-0.4, -0.2) is 54.5 Å². The number of likely N-dealkylation sites (tertiary alicyclic amines) is 1. The molecule has 4 nitrogen and oxygen atoms in total. The van der Waals surface area contributed by atoms with Crippen LogP contribution in [0.5, 0.6) is 0 Å². The van der Waals surface area contributed by atoms with E-state index in [9.17, 15) is 0 Å². The molecule has 18 heavy (non-hydrogen) atoms. The summed E-state index contributed by atoms with van der Waals surface area (Å²) in [6.07, 6.45) is 6.07. The van der Waals surface area contributed by atoms with Gasteiger partial charge < -0.3 is 15.6 Å². The Bertz CT molecular complexity index is 208. The first-order chi connectivity index (χ1) is 8.72. The molecule has 1 saturated heterocycles. The van der Waals surface area contributed by atoms with Gasteiger partial charge in [-0.1, -0.05) is 26.7 Å². The summed E-state index contributed by atoms with van der Waals surface area (Å²) in [5.74, 6) is 0. The number of aliphatic hydroxyl groups is 1. The minimum Gasteiger partial charge on any atom is -0.394 e. The lowest BCUT2D eigenvalue weighted by Crippen LogP contribution is -2.54. The van der Waals surface area contributed by atoms with Crippen LogP contribution in [-0.2, 0) is 4.74 Å². The molecule has 0 radical (unpaired) electrons. The van der Waals surface area contributed by atoms with Crippen LogP contribution < -0.4 is 5.73 Å². The Morgan fingerprint density at radius 3 is 2.56 bits per heavy atom. The van der Waals surface area contributed by atoms with Crippen molar-refractivity contribution < 1.29 is 9.84 Å². The van der Waals surface area contributed by atoms with Crippen LogP contribution in [0.1, 0.15) is 46.0 Å². The fourth-order valence-electron chi connectivity index (χ4n) is 2.85. The molecule has 1 fully saturated rings. The van der Waals surface area contributed by atoms with Gasteiger partial charge in [-0.2, -0.15) is 0 Å². The van der Waals surface area contributed by atoms with Crippen molar-refractivity contribution in [2.75, 3.05) is 26.3 Å². The fourth-order valence-corrected chi connectivity index (χ4v) is 2.85. The van der Waals surface area contributed by atoms with Crippen molar-refractivity contribution in [2.45, 2.75) is 64.1 Å². The molecule has 0 aromatic carbocycles. The summed E-state index contributed by atoms with van der Waals surface area (Å²) in [5, 5.41) is 8.85. The number of hydrogen-bond acceptors (Lipinski definition) is 4. The third-order valence-corrected chi connectivity index (χ3v) is 3.83. The molecule has 0 spiro atoms. The number of nitrogens with zero attached hydrogens (tertiary/aromatic N) is 1. The van der Waals surface area contributed by atoms with E-state index < -0.39 is 0 Å². The lowest BCUT2D eigenvalue weighted by Gasteiger charge is -2.41. The quantitative estimate of drug-likeness (QED) is 0.690. The van der Waals surface area contributed by atoms with Gasteiger partial charge in [-0.05, 0) is 19.3 Å². The van der Waals surface area contributed by atoms with E-state index in [0.717, 1.165) is 19.5 Å². The molecule has 0 amide bonds. The van der Waals surface area contributed by atoms with E-state index >= 15 is 0 Å². The zero-order valence-electron chi connectivity index (χ0n) is 12.0. The van der Waals surface area contributed by atoms with Crippen molar-refractivity contribution in [2.24, 2.45) is 5.73 Å². The predicted octanol–water partition coefficient (Wildman–Crippen LogP) is 1.37. The summed E-state index contributed by atoms with van der Waals surface area (Å²) in [6.45, 7) is 6.99. The normalized spacial score (nSPS) is 25.8. The highest BCUT2D eigenvalue weighted by molar-refractivity contribution is 4.87. The molecule has 0 bridgehead atoms. The molecule has 2 atom stereocenters. The van der Waals surface area contributed by atoms with Crippen molar-refractivity contribution in [3.63, 3.8) is 0 Å². The highest BCUT2D eigenvalue weighted by Crippen LogP contribution is 2.20. The first-order valence-corrected chi connectivity index (χ1v) is 7.45. The van der Waals surface area contributed by atoms with Crippen LogP contribution in [0.4, 0.5) is 0 Å². The topological polar surface area (TPSA) is 58.7 Å². The fraction of sp³-hybridized carbons (Fsp3) is 1.00. The van der Waals surface area contributed by atoms with Gasteiger partial charge in [0.25, 0.3) is 0 Å². The zero-order valence-corrected chi connectivity index (χ0v) is 12.0. The second-order valence-electron chi connectivity index (χ2n) is 5.31. The van der Waals surface area contributed by atoms with Crippen LogP contribution in [0.15, 0.2) is 0 Å². The van der Waals surface area contributed by atoms with Gasteiger partial charge in [0.05, 0.1) is 19.3 Å². The third kappa shape index (κ3) is 4.84. The molecule has 108 valence electrons. The highest BCUT2D eigenvalue weighted by atomic mass is 16.5. The number of ether oxygens (including phenoxy) is 1. The van der Waals surface area contributed by atoms with E-state index in [1.807, 2.05) is 0 Å². The third-order valence-electron chi connectivity index (χ3n) is 3.83. The van der Waals surface area contributed by atoms with Crippen molar-refractivity contribution in [1.82, 2.24) is 4.90 Å². The van der Waals surface area contributed by atoms with Crippen LogP contribution in [0.3, 0.4) is 0 Å². The maximum Gasteiger partial charge on any atom is 0.0854 e. The van der Waals surface area contributed by atoms with Gasteiger partial charge in [0, 0.05) is 25.2 Å². The molecule has 0 aliphatic carbocycles. The Kier molecular flexibility index (Phi) is 7.82. The highest BCUT2D eigenvalue weighted by Gasteiger charge is 2.30. The molecule has 0 aromatic heterocycles. The minimum atomic E-state index is 0.0799. The lowest BCUT2D eigenvalue weighted by molar-refractivity contribution is -0.0372. The van der Waals surface area contributed by atoms with E-state index in [2.05, 4.69) is 18.7 Å². The maximum atomic E-state index is 8.85. The molecule has 4 heteroatoms. The van der Waals surface area contributed by atoms with E-state index in [0.29, 0.717) is 12.6 Å². The number of hydrogen-bond donors (Lipinski definition) is 2. The van der Waals surface area contributed by atoms with E-state index in [1.165, 1.54) is 25.7 Å². The Morgan fingerprint density at radius 1 is 1.33 bits per heavy atom. The van der Waals surface area contributed by atoms with E-state index in [1.54, 1.807) is 0 Å². The second-order valence-corrected chi connectivity index (χ2v) is 5.31. The second kappa shape index (κ2) is 8.86. The van der Waals surface area contributed by atoms with Gasteiger partial charge in [-0.3, -0.25) is 4.90 Å². The van der Waals surface area contributed by atoms with Crippen LogP contribution >= 0.6 is 0 Å². The number of aliphatic hydroxyl groups excluding tert-OH is 1. The summed E-state index contributed by atoms with van der Waals surface area (Å²) in [6, 6.07) is 0.796. The molecule has 1 heterocycles. The number of piperidine rings is 1. The smallest absolute Gasteiger partial charge is 0.0854 e. The van der Waals surface area contributed by atoms with Gasteiger partial charge in [-0.15, -0.1) is 0 Å². The van der Waals surface area contributed by atoms with Gasteiger partial charge in [0.2, 0.25) is 0 Å². The standard InChI is InChI=1S/C14H30N2O2/c1-3-5-12(6-4-2)16-8-7-13(15)14(11-16)18-10-9-17/h12-14,17H,3-11,15H2,1-2H3/t13-,14-/m1/s1. The van der Waals surface area contributed by atoms with Crippen LogP contribution in [0.2, 0.25) is 0 Å². The molecule has 1 rings (SSSR count). The van der Waals surface area contributed by atoms with Crippen molar-refractivity contribution in [3.05, 3.63) is 0 Å². The largest absolute Gasteiger partial charge is 0.394 e. The predicted molar refractivity (Wildman–Crippen MR) is 74.6 cm³/mol. The average molecular weight is 258 g/mol. The Hall–Kier alpha value is -0.160. The number of nitrogens with two attached hydrogens (primary N) is 1. The van der Waals surface area contributed by atoms with Crippen molar-refractivity contribution in [1.29, 1.82) is 0 Å². The molecule has 0 saturated carbocycles. The summed E-state index contributed by atoms with van der Waals surface area (Å²) in [4.78, 5) is 2.54. The Balaban J connectivity index is 2.49. The Labute approximate surface area is 111 Å². The lowest BCUT2D eigenvalue weighted by atomic mass is 9.97. The molecule has 3 N–H and O–H groups in total. The van der Waals surface area contributed by atoms with Crippen molar-refractivity contribution >= 4 is 0 Å². The summed E-state index contributed by atoms with van der Waals surface area (Å²) in [5.41, 5.74) is 6.10. The summed E-state index contributed by atoms with van der Waals surface area (Å²) < 4.78 is 5.66. The van der Waals surface area contributed by atoms with E-state index in [4.69, 9.17) is 15.6 Å². The first-order valence-electron chi connectivity index (χ1n) is 7.45. The van der Waals surface area contributed by atoms with E-state index in [-0.39, 0.29) is 18.8 Å².